The van der Waals surface area contributed by atoms with Gasteiger partial charge in [-0.05, 0) is 49.4 Å². The molecule has 2 fully saturated rings. The molecule has 5 rings (SSSR count). The lowest BCUT2D eigenvalue weighted by Crippen LogP contribution is -2.33. The average molecular weight is 320 g/mol. The summed E-state index contributed by atoms with van der Waals surface area (Å²) in [4.78, 5) is 31.3. The molecule has 122 valence electrons. The first-order valence-electron chi connectivity index (χ1n) is 8.79. The Morgan fingerprint density at radius 2 is 1.88 bits per heavy atom. The van der Waals surface area contributed by atoms with Crippen molar-refractivity contribution in [2.45, 2.75) is 38.0 Å². The Morgan fingerprint density at radius 1 is 1.08 bits per heavy atom. The highest BCUT2D eigenvalue weighted by Gasteiger charge is 2.58. The SMILES string of the molecule is Cc1cc2c([nH]1)C1CCCC1[C@@H]1C(=O)N(c3ccccc3)C(=O)[C@H]21. The summed E-state index contributed by atoms with van der Waals surface area (Å²) in [5.41, 5.74) is 4.07. The van der Waals surface area contributed by atoms with Crippen LogP contribution in [-0.2, 0) is 9.59 Å². The fraction of sp³-hybridized carbons (Fsp3) is 0.400. The van der Waals surface area contributed by atoms with Crippen LogP contribution in [0.25, 0.3) is 0 Å². The molecule has 4 heteroatoms. The minimum atomic E-state index is -0.308. The quantitative estimate of drug-likeness (QED) is 0.818. The van der Waals surface area contributed by atoms with E-state index in [2.05, 4.69) is 11.1 Å². The van der Waals surface area contributed by atoms with E-state index in [0.717, 1.165) is 30.5 Å². The molecule has 4 atom stereocenters. The van der Waals surface area contributed by atoms with Gasteiger partial charge in [-0.3, -0.25) is 9.59 Å². The van der Waals surface area contributed by atoms with Gasteiger partial charge in [0.2, 0.25) is 11.8 Å². The van der Waals surface area contributed by atoms with Crippen molar-refractivity contribution < 1.29 is 9.59 Å². The normalized spacial score (nSPS) is 31.1. The predicted octanol–water partition coefficient (Wildman–Crippen LogP) is 3.49. The summed E-state index contributed by atoms with van der Waals surface area (Å²) in [6, 6.07) is 11.4. The predicted molar refractivity (Wildman–Crippen MR) is 90.8 cm³/mol. The third kappa shape index (κ3) is 1.68. The Hall–Kier alpha value is -2.36. The number of amides is 2. The summed E-state index contributed by atoms with van der Waals surface area (Å²) in [6.07, 6.45) is 3.31. The van der Waals surface area contributed by atoms with Gasteiger partial charge in [0.25, 0.3) is 0 Å². The first-order valence-corrected chi connectivity index (χ1v) is 8.79. The number of carbonyl (C=O) groups is 2. The zero-order valence-corrected chi connectivity index (χ0v) is 13.7. The summed E-state index contributed by atoms with van der Waals surface area (Å²) in [5, 5.41) is 0. The van der Waals surface area contributed by atoms with Crippen LogP contribution in [0.5, 0.6) is 0 Å². The first kappa shape index (κ1) is 14.0. The molecular weight excluding hydrogens is 300 g/mol. The molecule has 1 aromatic heterocycles. The van der Waals surface area contributed by atoms with E-state index in [1.165, 1.54) is 10.6 Å². The zero-order chi connectivity index (χ0) is 16.4. The van der Waals surface area contributed by atoms with Gasteiger partial charge >= 0.3 is 0 Å². The minimum absolute atomic E-state index is 0.00222. The summed E-state index contributed by atoms with van der Waals surface area (Å²) < 4.78 is 0. The van der Waals surface area contributed by atoms with Crippen LogP contribution in [0.1, 0.15) is 48.0 Å². The van der Waals surface area contributed by atoms with E-state index >= 15 is 0 Å². The molecule has 0 radical (unpaired) electrons. The fourth-order valence-electron chi connectivity index (χ4n) is 5.25. The Balaban J connectivity index is 1.67. The molecule has 2 heterocycles. The molecular formula is C20H20N2O2. The third-order valence-electron chi connectivity index (χ3n) is 6.12. The maximum atomic E-state index is 13.2. The largest absolute Gasteiger partial charge is 0.362 e. The number of fused-ring (bicyclic) bond motifs is 6. The van der Waals surface area contributed by atoms with E-state index in [0.29, 0.717) is 17.5 Å². The van der Waals surface area contributed by atoms with E-state index < -0.39 is 0 Å². The van der Waals surface area contributed by atoms with Crippen LogP contribution in [-0.4, -0.2) is 16.8 Å². The van der Waals surface area contributed by atoms with Gasteiger partial charge in [0.05, 0.1) is 17.5 Å². The van der Waals surface area contributed by atoms with Crippen LogP contribution >= 0.6 is 0 Å². The molecule has 0 bridgehead atoms. The maximum Gasteiger partial charge on any atom is 0.242 e. The van der Waals surface area contributed by atoms with Gasteiger partial charge in [-0.2, -0.15) is 0 Å². The average Bonchev–Trinajstić information content (AvgIpc) is 3.24. The van der Waals surface area contributed by atoms with Gasteiger partial charge in [0.15, 0.2) is 0 Å². The number of benzene rings is 1. The standard InChI is InChI=1S/C20H20N2O2/c1-11-10-15-17-16(13-8-5-9-14(13)18(15)21-11)19(23)22(20(17)24)12-6-3-2-4-7-12/h2-4,6-7,10,13-14,16-17,21H,5,8-9H2,1H3/t13?,14?,16-,17+/m0/s1. The van der Waals surface area contributed by atoms with Crippen LogP contribution in [0, 0.1) is 18.8 Å². The number of rotatable bonds is 1. The summed E-state index contributed by atoms with van der Waals surface area (Å²) >= 11 is 0. The highest BCUT2D eigenvalue weighted by molar-refractivity contribution is 6.24. The van der Waals surface area contributed by atoms with Gasteiger partial charge in [-0.25, -0.2) is 4.90 Å². The Morgan fingerprint density at radius 3 is 2.67 bits per heavy atom. The number of carbonyl (C=O) groups excluding carboxylic acids is 2. The van der Waals surface area contributed by atoms with Crippen LogP contribution in [0.4, 0.5) is 5.69 Å². The van der Waals surface area contributed by atoms with Crippen LogP contribution < -0.4 is 4.90 Å². The number of para-hydroxylation sites is 1. The second kappa shape index (κ2) is 4.82. The lowest BCUT2D eigenvalue weighted by atomic mass is 9.68. The molecule has 2 unspecified atom stereocenters. The number of aryl methyl sites for hydroxylation is 1. The van der Waals surface area contributed by atoms with Crippen LogP contribution in [0.2, 0.25) is 0 Å². The van der Waals surface area contributed by atoms with Crippen LogP contribution in [0.15, 0.2) is 36.4 Å². The van der Waals surface area contributed by atoms with Crippen LogP contribution in [0.3, 0.4) is 0 Å². The number of imide groups is 1. The van der Waals surface area contributed by atoms with E-state index in [1.54, 1.807) is 0 Å². The highest BCUT2D eigenvalue weighted by atomic mass is 16.2. The van der Waals surface area contributed by atoms with Crippen molar-refractivity contribution in [3.63, 3.8) is 0 Å². The summed E-state index contributed by atoms with van der Waals surface area (Å²) in [6.45, 7) is 2.04. The van der Waals surface area contributed by atoms with Crippen molar-refractivity contribution in [3.8, 4) is 0 Å². The molecule has 24 heavy (non-hydrogen) atoms. The van der Waals surface area contributed by atoms with E-state index in [9.17, 15) is 9.59 Å². The molecule has 1 aromatic carbocycles. The third-order valence-corrected chi connectivity index (χ3v) is 6.12. The van der Waals surface area contributed by atoms with E-state index in [1.807, 2.05) is 37.3 Å². The maximum absolute atomic E-state index is 13.2. The van der Waals surface area contributed by atoms with Crippen molar-refractivity contribution in [2.24, 2.45) is 11.8 Å². The van der Waals surface area contributed by atoms with Gasteiger partial charge in [-0.15, -0.1) is 0 Å². The second-order valence-electron chi connectivity index (χ2n) is 7.37. The van der Waals surface area contributed by atoms with Crippen molar-refractivity contribution in [1.82, 2.24) is 4.98 Å². The smallest absolute Gasteiger partial charge is 0.242 e. The van der Waals surface area contributed by atoms with Gasteiger partial charge in [0, 0.05) is 17.3 Å². The summed E-state index contributed by atoms with van der Waals surface area (Å²) in [5.74, 6) is 0.150. The van der Waals surface area contributed by atoms with E-state index in [4.69, 9.17) is 0 Å². The van der Waals surface area contributed by atoms with Crippen molar-refractivity contribution >= 4 is 17.5 Å². The van der Waals surface area contributed by atoms with Gasteiger partial charge in [0.1, 0.15) is 0 Å². The molecule has 1 saturated heterocycles. The van der Waals surface area contributed by atoms with E-state index in [-0.39, 0.29) is 23.7 Å². The van der Waals surface area contributed by atoms with Gasteiger partial charge in [-0.1, -0.05) is 24.6 Å². The Kier molecular flexibility index (Phi) is 2.82. The molecule has 1 saturated carbocycles. The number of hydrogen-bond acceptors (Lipinski definition) is 2. The van der Waals surface area contributed by atoms with Gasteiger partial charge < -0.3 is 4.98 Å². The lowest BCUT2D eigenvalue weighted by Gasteiger charge is -2.33. The number of aromatic amines is 1. The lowest BCUT2D eigenvalue weighted by molar-refractivity contribution is -0.123. The molecule has 0 spiro atoms. The number of anilines is 1. The number of nitrogens with one attached hydrogen (secondary N) is 1. The molecule has 1 aliphatic heterocycles. The topological polar surface area (TPSA) is 53.2 Å². The summed E-state index contributed by atoms with van der Waals surface area (Å²) in [7, 11) is 0. The molecule has 3 aliphatic rings. The molecule has 1 N–H and O–H groups in total. The van der Waals surface area contributed by atoms with Crippen molar-refractivity contribution in [3.05, 3.63) is 53.3 Å². The number of nitrogens with zero attached hydrogens (tertiary/aromatic N) is 1. The number of aromatic nitrogens is 1. The fourth-order valence-corrected chi connectivity index (χ4v) is 5.25. The number of H-pyrrole nitrogens is 1. The number of hydrogen-bond donors (Lipinski definition) is 1. The minimum Gasteiger partial charge on any atom is -0.362 e. The van der Waals surface area contributed by atoms with Crippen molar-refractivity contribution in [1.29, 1.82) is 0 Å². The first-order chi connectivity index (χ1) is 11.7. The Bertz CT molecular complexity index is 839. The molecule has 2 aliphatic carbocycles. The second-order valence-corrected chi connectivity index (χ2v) is 7.37. The monoisotopic (exact) mass is 320 g/mol. The molecule has 2 amide bonds. The Labute approximate surface area is 140 Å². The van der Waals surface area contributed by atoms with Crippen molar-refractivity contribution in [2.75, 3.05) is 4.90 Å². The highest BCUT2D eigenvalue weighted by Crippen LogP contribution is 2.57. The molecule has 4 nitrogen and oxygen atoms in total. The molecule has 2 aromatic rings. The zero-order valence-electron chi connectivity index (χ0n) is 13.7.